The minimum Gasteiger partial charge on any atom is -0.497 e. The van der Waals surface area contributed by atoms with Crippen molar-refractivity contribution in [2.75, 3.05) is 7.11 Å². The van der Waals surface area contributed by atoms with Crippen molar-refractivity contribution in [3.63, 3.8) is 0 Å². The highest BCUT2D eigenvalue weighted by Crippen LogP contribution is 2.12. The van der Waals surface area contributed by atoms with Crippen LogP contribution in [0.1, 0.15) is 31.8 Å². The maximum atomic E-state index is 13.7. The van der Waals surface area contributed by atoms with Gasteiger partial charge in [0, 0.05) is 29.8 Å². The first-order valence-electron chi connectivity index (χ1n) is 9.09. The number of rotatable bonds is 7. The SMILES string of the molecule is COc1ccc(CNC(=O)c2cccc(C(=O)NCc3ccccc3F)c2)cc1. The molecule has 0 heterocycles. The zero-order valence-electron chi connectivity index (χ0n) is 15.9. The summed E-state index contributed by atoms with van der Waals surface area (Å²) >= 11 is 0. The zero-order valence-corrected chi connectivity index (χ0v) is 15.9. The summed E-state index contributed by atoms with van der Waals surface area (Å²) in [6.45, 7) is 0.423. The number of nitrogens with one attached hydrogen (secondary N) is 2. The maximum Gasteiger partial charge on any atom is 0.251 e. The van der Waals surface area contributed by atoms with E-state index in [4.69, 9.17) is 4.74 Å². The van der Waals surface area contributed by atoms with Crippen LogP contribution < -0.4 is 15.4 Å². The number of ether oxygens (including phenoxy) is 1. The average molecular weight is 392 g/mol. The molecule has 5 nitrogen and oxygen atoms in total. The molecule has 6 heteroatoms. The first-order chi connectivity index (χ1) is 14.1. The molecule has 0 bridgehead atoms. The second-order valence-electron chi connectivity index (χ2n) is 6.39. The number of halogens is 1. The van der Waals surface area contributed by atoms with Crippen molar-refractivity contribution in [3.8, 4) is 5.75 Å². The predicted octanol–water partition coefficient (Wildman–Crippen LogP) is 3.69. The summed E-state index contributed by atoms with van der Waals surface area (Å²) in [5.41, 5.74) is 2.03. The van der Waals surface area contributed by atoms with Crippen LogP contribution in [0.15, 0.2) is 72.8 Å². The standard InChI is InChI=1S/C23H21FN2O3/c1-29-20-11-9-16(10-12-20)14-25-22(27)17-6-4-7-18(13-17)23(28)26-15-19-5-2-3-8-21(19)24/h2-13H,14-15H2,1H3,(H,25,27)(H,26,28). The molecule has 0 radical (unpaired) electrons. The third kappa shape index (κ3) is 5.42. The Morgan fingerprint density at radius 2 is 1.45 bits per heavy atom. The van der Waals surface area contributed by atoms with Crippen molar-refractivity contribution < 1.29 is 18.7 Å². The molecule has 0 saturated carbocycles. The number of carbonyl (C=O) groups excluding carboxylic acids is 2. The summed E-state index contributed by atoms with van der Waals surface area (Å²) < 4.78 is 18.8. The summed E-state index contributed by atoms with van der Waals surface area (Å²) in [6.07, 6.45) is 0. The second kappa shape index (κ2) is 9.50. The van der Waals surface area contributed by atoms with Crippen LogP contribution >= 0.6 is 0 Å². The fourth-order valence-corrected chi connectivity index (χ4v) is 2.75. The first-order valence-corrected chi connectivity index (χ1v) is 9.09. The molecule has 3 aromatic rings. The average Bonchev–Trinajstić information content (AvgIpc) is 2.77. The Hall–Kier alpha value is -3.67. The Labute approximate surface area is 168 Å². The van der Waals surface area contributed by atoms with E-state index in [0.717, 1.165) is 11.3 Å². The summed E-state index contributed by atoms with van der Waals surface area (Å²) in [6, 6.07) is 20.0. The smallest absolute Gasteiger partial charge is 0.251 e. The van der Waals surface area contributed by atoms with Crippen LogP contribution in [0.4, 0.5) is 4.39 Å². The second-order valence-corrected chi connectivity index (χ2v) is 6.39. The predicted molar refractivity (Wildman–Crippen MR) is 108 cm³/mol. The molecule has 0 unspecified atom stereocenters. The van der Waals surface area contributed by atoms with Gasteiger partial charge in [-0.15, -0.1) is 0 Å². The summed E-state index contributed by atoms with van der Waals surface area (Å²) in [5, 5.41) is 5.49. The van der Waals surface area contributed by atoms with Gasteiger partial charge in [0.2, 0.25) is 0 Å². The highest BCUT2D eigenvalue weighted by molar-refractivity contribution is 5.99. The monoisotopic (exact) mass is 392 g/mol. The van der Waals surface area contributed by atoms with E-state index in [-0.39, 0.29) is 24.2 Å². The van der Waals surface area contributed by atoms with Crippen LogP contribution in [0.25, 0.3) is 0 Å². The van der Waals surface area contributed by atoms with Crippen LogP contribution in [-0.2, 0) is 13.1 Å². The molecular formula is C23H21FN2O3. The van der Waals surface area contributed by atoms with Gasteiger partial charge in [0.15, 0.2) is 0 Å². The molecule has 0 spiro atoms. The van der Waals surface area contributed by atoms with E-state index in [1.807, 2.05) is 24.3 Å². The van der Waals surface area contributed by atoms with Gasteiger partial charge in [0.05, 0.1) is 7.11 Å². The van der Waals surface area contributed by atoms with E-state index < -0.39 is 0 Å². The van der Waals surface area contributed by atoms with Gasteiger partial charge in [0.1, 0.15) is 11.6 Å². The molecule has 0 aliphatic rings. The molecule has 2 N–H and O–H groups in total. The van der Waals surface area contributed by atoms with E-state index in [0.29, 0.717) is 23.2 Å². The van der Waals surface area contributed by atoms with E-state index in [1.165, 1.54) is 12.1 Å². The third-order valence-corrected chi connectivity index (χ3v) is 4.40. The van der Waals surface area contributed by atoms with Crippen molar-refractivity contribution in [1.82, 2.24) is 10.6 Å². The lowest BCUT2D eigenvalue weighted by Crippen LogP contribution is -2.25. The largest absolute Gasteiger partial charge is 0.497 e. The van der Waals surface area contributed by atoms with E-state index in [2.05, 4.69) is 10.6 Å². The van der Waals surface area contributed by atoms with Crippen molar-refractivity contribution >= 4 is 11.8 Å². The van der Waals surface area contributed by atoms with Crippen LogP contribution in [-0.4, -0.2) is 18.9 Å². The summed E-state index contributed by atoms with van der Waals surface area (Å²) in [7, 11) is 1.59. The van der Waals surface area contributed by atoms with Gasteiger partial charge >= 0.3 is 0 Å². The van der Waals surface area contributed by atoms with Crippen LogP contribution in [0.2, 0.25) is 0 Å². The molecule has 148 valence electrons. The Morgan fingerprint density at radius 3 is 2.07 bits per heavy atom. The topological polar surface area (TPSA) is 67.4 Å². The van der Waals surface area contributed by atoms with Crippen molar-refractivity contribution in [3.05, 3.63) is 101 Å². The molecule has 0 fully saturated rings. The van der Waals surface area contributed by atoms with Gasteiger partial charge in [0.25, 0.3) is 11.8 Å². The Balaban J connectivity index is 1.59. The van der Waals surface area contributed by atoms with Gasteiger partial charge < -0.3 is 15.4 Å². The quantitative estimate of drug-likeness (QED) is 0.644. The van der Waals surface area contributed by atoms with Crippen LogP contribution in [0, 0.1) is 5.82 Å². The molecule has 0 saturated heterocycles. The molecule has 0 atom stereocenters. The molecule has 2 amide bonds. The minimum absolute atomic E-state index is 0.0688. The number of methoxy groups -OCH3 is 1. The maximum absolute atomic E-state index is 13.7. The fraction of sp³-hybridized carbons (Fsp3) is 0.130. The lowest BCUT2D eigenvalue weighted by Gasteiger charge is -2.09. The highest BCUT2D eigenvalue weighted by atomic mass is 19.1. The van der Waals surface area contributed by atoms with Gasteiger partial charge in [-0.2, -0.15) is 0 Å². The number of carbonyl (C=O) groups is 2. The normalized spacial score (nSPS) is 10.3. The Kier molecular flexibility index (Phi) is 6.58. The van der Waals surface area contributed by atoms with Gasteiger partial charge in [-0.1, -0.05) is 36.4 Å². The van der Waals surface area contributed by atoms with Gasteiger partial charge in [-0.3, -0.25) is 9.59 Å². The fourth-order valence-electron chi connectivity index (χ4n) is 2.75. The van der Waals surface area contributed by atoms with E-state index in [9.17, 15) is 14.0 Å². The van der Waals surface area contributed by atoms with Crippen LogP contribution in [0.3, 0.4) is 0 Å². The summed E-state index contributed by atoms with van der Waals surface area (Å²) in [5.74, 6) is -0.295. The van der Waals surface area contributed by atoms with Crippen molar-refractivity contribution in [2.24, 2.45) is 0 Å². The van der Waals surface area contributed by atoms with Gasteiger partial charge in [-0.25, -0.2) is 4.39 Å². The van der Waals surface area contributed by atoms with Crippen LogP contribution in [0.5, 0.6) is 5.75 Å². The van der Waals surface area contributed by atoms with Gasteiger partial charge in [-0.05, 0) is 42.0 Å². The first kappa shape index (κ1) is 20.1. The van der Waals surface area contributed by atoms with E-state index in [1.54, 1.807) is 43.5 Å². The number of benzene rings is 3. The Bertz CT molecular complexity index is 1000. The number of amides is 2. The lowest BCUT2D eigenvalue weighted by atomic mass is 10.1. The van der Waals surface area contributed by atoms with Crippen molar-refractivity contribution in [1.29, 1.82) is 0 Å². The molecule has 0 aliphatic carbocycles. The van der Waals surface area contributed by atoms with E-state index >= 15 is 0 Å². The van der Waals surface area contributed by atoms with Crippen molar-refractivity contribution in [2.45, 2.75) is 13.1 Å². The highest BCUT2D eigenvalue weighted by Gasteiger charge is 2.11. The minimum atomic E-state index is -0.377. The molecule has 0 aliphatic heterocycles. The molecular weight excluding hydrogens is 371 g/mol. The molecule has 3 aromatic carbocycles. The number of hydrogen-bond donors (Lipinski definition) is 2. The zero-order chi connectivity index (χ0) is 20.6. The lowest BCUT2D eigenvalue weighted by molar-refractivity contribution is 0.0950. The molecule has 0 aromatic heterocycles. The number of hydrogen-bond acceptors (Lipinski definition) is 3. The molecule has 3 rings (SSSR count). The summed E-state index contributed by atoms with van der Waals surface area (Å²) in [4.78, 5) is 24.8. The Morgan fingerprint density at radius 1 is 0.828 bits per heavy atom. The molecule has 29 heavy (non-hydrogen) atoms. The third-order valence-electron chi connectivity index (χ3n) is 4.40.